The fourth-order valence-corrected chi connectivity index (χ4v) is 1.04. The Morgan fingerprint density at radius 3 is 1.85 bits per heavy atom. The molecule has 2 nitrogen and oxygen atoms in total. The highest BCUT2D eigenvalue weighted by atomic mass is 16.2. The molecule has 2 heteroatoms. The average molecular weight is 187 g/mol. The van der Waals surface area contributed by atoms with E-state index in [-0.39, 0.29) is 0 Å². The summed E-state index contributed by atoms with van der Waals surface area (Å²) in [4.78, 5) is 12.6. The van der Waals surface area contributed by atoms with E-state index in [0.717, 1.165) is 25.9 Å². The minimum atomic E-state index is 0.326. The van der Waals surface area contributed by atoms with Crippen molar-refractivity contribution in [3.8, 4) is 0 Å². The Bertz CT molecular complexity index is 113. The first-order valence-corrected chi connectivity index (χ1v) is 5.54. The quantitative estimate of drug-likeness (QED) is 0.618. The van der Waals surface area contributed by atoms with Gasteiger partial charge in [0.1, 0.15) is 0 Å². The van der Waals surface area contributed by atoms with Gasteiger partial charge in [-0.25, -0.2) is 0 Å². The van der Waals surface area contributed by atoms with Crippen LogP contribution in [0, 0.1) is 0 Å². The Labute approximate surface area is 83.3 Å². The van der Waals surface area contributed by atoms with Gasteiger partial charge in [0.05, 0.1) is 0 Å². The van der Waals surface area contributed by atoms with E-state index < -0.39 is 0 Å². The molecule has 1 heterocycles. The molecule has 0 spiro atoms. The van der Waals surface area contributed by atoms with Crippen LogP contribution in [-0.4, -0.2) is 23.9 Å². The highest BCUT2D eigenvalue weighted by Crippen LogP contribution is 2.07. The molecule has 1 fully saturated rings. The van der Waals surface area contributed by atoms with Gasteiger partial charge in [0, 0.05) is 19.5 Å². The number of hydrogen-bond donors (Lipinski definition) is 0. The number of amides is 1. The van der Waals surface area contributed by atoms with Crippen LogP contribution in [0.4, 0.5) is 0 Å². The predicted octanol–water partition coefficient (Wildman–Crippen LogP) is 3.07. The largest absolute Gasteiger partial charge is 0.343 e. The van der Waals surface area contributed by atoms with E-state index in [2.05, 4.69) is 13.8 Å². The summed E-state index contributed by atoms with van der Waals surface area (Å²) in [7, 11) is 0. The van der Waals surface area contributed by atoms with Crippen LogP contribution in [0.2, 0.25) is 0 Å². The van der Waals surface area contributed by atoms with Crippen LogP contribution in [0.3, 0.4) is 0 Å². The summed E-state index contributed by atoms with van der Waals surface area (Å²) in [5, 5.41) is 0. The summed E-state index contributed by atoms with van der Waals surface area (Å²) in [6, 6.07) is 0. The second-order valence-electron chi connectivity index (χ2n) is 2.78. The Balaban J connectivity index is 0. The molecule has 0 aliphatic carbocycles. The fourth-order valence-electron chi connectivity index (χ4n) is 1.04. The molecule has 0 atom stereocenters. The summed E-state index contributed by atoms with van der Waals surface area (Å²) < 4.78 is 0. The lowest BCUT2D eigenvalue weighted by atomic mass is 10.4. The maximum absolute atomic E-state index is 10.7. The summed E-state index contributed by atoms with van der Waals surface area (Å²) >= 11 is 0. The van der Waals surface area contributed by atoms with Crippen molar-refractivity contribution in [2.75, 3.05) is 13.1 Å². The van der Waals surface area contributed by atoms with Crippen molar-refractivity contribution in [1.82, 2.24) is 4.90 Å². The molecule has 1 rings (SSSR count). The molecule has 0 unspecified atom stereocenters. The van der Waals surface area contributed by atoms with Gasteiger partial charge in [-0.15, -0.1) is 0 Å². The van der Waals surface area contributed by atoms with Crippen LogP contribution < -0.4 is 0 Å². The molecule has 1 aliphatic rings. The van der Waals surface area contributed by atoms with Crippen LogP contribution in [0.1, 0.15) is 53.9 Å². The molecular weight excluding hydrogens is 162 g/mol. The summed E-state index contributed by atoms with van der Waals surface area (Å²) in [6.07, 6.45) is 3.08. The van der Waals surface area contributed by atoms with Gasteiger partial charge in [-0.05, 0) is 13.3 Å². The van der Waals surface area contributed by atoms with E-state index in [1.165, 1.54) is 6.42 Å². The third-order valence-electron chi connectivity index (χ3n) is 1.55. The molecule has 0 radical (unpaired) electrons. The number of likely N-dealkylation sites (tertiary alicyclic amines) is 1. The van der Waals surface area contributed by atoms with E-state index in [1.54, 1.807) is 0 Å². The molecule has 13 heavy (non-hydrogen) atoms. The minimum absolute atomic E-state index is 0.326. The number of hydrogen-bond acceptors (Lipinski definition) is 1. The molecule has 0 aromatic rings. The summed E-state index contributed by atoms with van der Waals surface area (Å²) in [5.74, 6) is 0.326. The van der Waals surface area contributed by atoms with Crippen LogP contribution in [0.5, 0.6) is 0 Å². The van der Waals surface area contributed by atoms with E-state index in [4.69, 9.17) is 0 Å². The van der Waals surface area contributed by atoms with Gasteiger partial charge in [0.15, 0.2) is 0 Å². The number of carbonyl (C=O) groups is 1. The molecule has 0 saturated carbocycles. The predicted molar refractivity (Wildman–Crippen MR) is 58.8 cm³/mol. The minimum Gasteiger partial charge on any atom is -0.343 e. The normalized spacial score (nSPS) is 14.2. The van der Waals surface area contributed by atoms with Crippen LogP contribution >= 0.6 is 0 Å². The Morgan fingerprint density at radius 2 is 1.69 bits per heavy atom. The summed E-state index contributed by atoms with van der Waals surface area (Å²) in [6.45, 7) is 12.1. The lowest BCUT2D eigenvalue weighted by Crippen LogP contribution is -2.23. The number of nitrogens with zero attached hydrogens (tertiary/aromatic N) is 1. The van der Waals surface area contributed by atoms with Crippen molar-refractivity contribution in [2.45, 2.75) is 53.9 Å². The van der Waals surface area contributed by atoms with Crippen LogP contribution in [-0.2, 0) is 4.79 Å². The van der Waals surface area contributed by atoms with Crippen molar-refractivity contribution in [3.63, 3.8) is 0 Å². The molecule has 0 aromatic carbocycles. The summed E-state index contributed by atoms with van der Waals surface area (Å²) in [5.41, 5.74) is 0. The lowest BCUT2D eigenvalue weighted by Gasteiger charge is -2.10. The highest BCUT2D eigenvalue weighted by Gasteiger charge is 2.16. The van der Waals surface area contributed by atoms with Crippen molar-refractivity contribution in [2.24, 2.45) is 0 Å². The molecule has 1 amide bonds. The van der Waals surface area contributed by atoms with Gasteiger partial charge in [-0.1, -0.05) is 34.1 Å². The first-order valence-electron chi connectivity index (χ1n) is 5.54. The van der Waals surface area contributed by atoms with E-state index >= 15 is 0 Å². The van der Waals surface area contributed by atoms with Crippen LogP contribution in [0.25, 0.3) is 0 Å². The molecule has 1 aliphatic heterocycles. The highest BCUT2D eigenvalue weighted by molar-refractivity contribution is 5.77. The van der Waals surface area contributed by atoms with Gasteiger partial charge >= 0.3 is 0 Å². The monoisotopic (exact) mass is 187 g/mol. The first kappa shape index (κ1) is 15.0. The number of rotatable bonds is 1. The second-order valence-corrected chi connectivity index (χ2v) is 2.78. The zero-order valence-electron chi connectivity index (χ0n) is 9.89. The van der Waals surface area contributed by atoms with E-state index in [9.17, 15) is 4.79 Å². The first-order chi connectivity index (χ1) is 6.26. The zero-order chi connectivity index (χ0) is 10.7. The second kappa shape index (κ2) is 11.5. The van der Waals surface area contributed by atoms with Crippen molar-refractivity contribution in [3.05, 3.63) is 0 Å². The standard InChI is InChI=1S/C6H11NO.C3H8.C2H6/c1-2-7-5-3-4-6(7)8;1-3-2;1-2/h2-5H2,1H3;3H2,1-2H3;1-2H3. The van der Waals surface area contributed by atoms with Gasteiger partial charge in [0.2, 0.25) is 5.91 Å². The van der Waals surface area contributed by atoms with E-state index in [0.29, 0.717) is 5.91 Å². The molecule has 0 N–H and O–H groups in total. The molecular formula is C11H25NO. The maximum Gasteiger partial charge on any atom is 0.222 e. The third kappa shape index (κ3) is 7.82. The van der Waals surface area contributed by atoms with E-state index in [1.807, 2.05) is 25.7 Å². The topological polar surface area (TPSA) is 20.3 Å². The molecule has 0 aromatic heterocycles. The fraction of sp³-hybridized carbons (Fsp3) is 0.909. The van der Waals surface area contributed by atoms with Crippen molar-refractivity contribution < 1.29 is 4.79 Å². The van der Waals surface area contributed by atoms with Crippen LogP contribution in [0.15, 0.2) is 0 Å². The third-order valence-corrected chi connectivity index (χ3v) is 1.55. The SMILES string of the molecule is CC.CCC.CCN1CCCC1=O. The Hall–Kier alpha value is -0.530. The maximum atomic E-state index is 10.7. The van der Waals surface area contributed by atoms with Gasteiger partial charge in [0.25, 0.3) is 0 Å². The Kier molecular flexibility index (Phi) is 13.2. The van der Waals surface area contributed by atoms with Crippen molar-refractivity contribution in [1.29, 1.82) is 0 Å². The number of carbonyl (C=O) groups excluding carboxylic acids is 1. The molecule has 0 bridgehead atoms. The Morgan fingerprint density at radius 1 is 1.23 bits per heavy atom. The average Bonchev–Trinajstić information content (AvgIpc) is 2.56. The van der Waals surface area contributed by atoms with Gasteiger partial charge in [-0.3, -0.25) is 4.79 Å². The molecule has 1 saturated heterocycles. The van der Waals surface area contributed by atoms with Gasteiger partial charge in [-0.2, -0.15) is 0 Å². The van der Waals surface area contributed by atoms with Gasteiger partial charge < -0.3 is 4.90 Å². The van der Waals surface area contributed by atoms with Crippen molar-refractivity contribution >= 4 is 5.91 Å². The molecule has 80 valence electrons. The smallest absolute Gasteiger partial charge is 0.222 e. The lowest BCUT2D eigenvalue weighted by molar-refractivity contribution is -0.127. The zero-order valence-corrected chi connectivity index (χ0v) is 9.89.